The van der Waals surface area contributed by atoms with Crippen LogP contribution in [0.4, 0.5) is 4.39 Å². The average molecular weight is 400 g/mol. The molecule has 0 atom stereocenters. The number of benzene rings is 1. The Kier molecular flexibility index (Phi) is 4.97. The van der Waals surface area contributed by atoms with Crippen molar-refractivity contribution in [3.05, 3.63) is 64.3 Å². The Morgan fingerprint density at radius 1 is 1.22 bits per heavy atom. The molecule has 4 rings (SSSR count). The molecule has 1 aromatic carbocycles. The van der Waals surface area contributed by atoms with Gasteiger partial charge in [0.15, 0.2) is 5.16 Å². The highest BCUT2D eigenvalue weighted by Gasteiger charge is 2.17. The van der Waals surface area contributed by atoms with Crippen LogP contribution in [0.3, 0.4) is 0 Å². The summed E-state index contributed by atoms with van der Waals surface area (Å²) in [4.78, 5) is 23.3. The van der Waals surface area contributed by atoms with Crippen LogP contribution >= 0.6 is 23.1 Å². The van der Waals surface area contributed by atoms with Crippen LogP contribution in [0.5, 0.6) is 0 Å². The highest BCUT2D eigenvalue weighted by Crippen LogP contribution is 2.31. The molecule has 27 heavy (non-hydrogen) atoms. The highest BCUT2D eigenvalue weighted by molar-refractivity contribution is 7.99. The molecule has 0 radical (unpaired) electrons. The number of hydrogen-bond donors (Lipinski definition) is 0. The van der Waals surface area contributed by atoms with E-state index in [-0.39, 0.29) is 11.4 Å². The van der Waals surface area contributed by atoms with Crippen molar-refractivity contribution < 1.29 is 4.39 Å². The lowest BCUT2D eigenvalue weighted by molar-refractivity contribution is 0.622. The lowest BCUT2D eigenvalue weighted by Gasteiger charge is -2.13. The van der Waals surface area contributed by atoms with E-state index in [1.54, 1.807) is 34.7 Å². The Morgan fingerprint density at radius 2 is 2.00 bits per heavy atom. The number of rotatable bonds is 5. The number of hydrogen-bond acceptors (Lipinski definition) is 5. The van der Waals surface area contributed by atoms with E-state index in [4.69, 9.17) is 4.98 Å². The molecule has 0 N–H and O–H groups in total. The highest BCUT2D eigenvalue weighted by atomic mass is 32.2. The van der Waals surface area contributed by atoms with Crippen LogP contribution < -0.4 is 5.56 Å². The van der Waals surface area contributed by atoms with E-state index < -0.39 is 0 Å². The number of nitrogens with zero attached hydrogens (tertiary/aromatic N) is 3. The summed E-state index contributed by atoms with van der Waals surface area (Å²) in [6, 6.07) is 10.0. The third-order valence-electron chi connectivity index (χ3n) is 4.12. The molecule has 7 heteroatoms. The summed E-state index contributed by atoms with van der Waals surface area (Å²) in [5, 5.41) is 1.60. The fraction of sp³-hybridized carbons (Fsp3) is 0.250. The Balaban J connectivity index is 1.89. The summed E-state index contributed by atoms with van der Waals surface area (Å²) >= 11 is 2.95. The standard InChI is InChI=1S/C20H18FN3OS2/c1-12(2)11-26-20-23-16-15-4-3-9-22-18(15)27-17(16)19(25)24(20)10-13-5-7-14(21)8-6-13/h3-9,12H,10-11H2,1-2H3. The van der Waals surface area contributed by atoms with Crippen molar-refractivity contribution >= 4 is 43.5 Å². The van der Waals surface area contributed by atoms with Gasteiger partial charge in [-0.25, -0.2) is 14.4 Å². The van der Waals surface area contributed by atoms with Crippen LogP contribution in [0.25, 0.3) is 20.4 Å². The van der Waals surface area contributed by atoms with Gasteiger partial charge in [-0.3, -0.25) is 9.36 Å². The zero-order valence-corrected chi connectivity index (χ0v) is 16.6. The van der Waals surface area contributed by atoms with Gasteiger partial charge in [0.2, 0.25) is 0 Å². The summed E-state index contributed by atoms with van der Waals surface area (Å²) in [6.07, 6.45) is 1.73. The summed E-state index contributed by atoms with van der Waals surface area (Å²) in [5.74, 6) is 1.05. The third kappa shape index (κ3) is 3.61. The minimum absolute atomic E-state index is 0.0708. The fourth-order valence-corrected chi connectivity index (χ4v) is 4.78. The normalized spacial score (nSPS) is 11.7. The smallest absolute Gasteiger partial charge is 0.272 e. The number of fused-ring (bicyclic) bond motifs is 3. The minimum Gasteiger partial charge on any atom is -0.282 e. The van der Waals surface area contributed by atoms with Gasteiger partial charge in [0.25, 0.3) is 5.56 Å². The Bertz CT molecular complexity index is 1170. The van der Waals surface area contributed by atoms with Gasteiger partial charge in [0, 0.05) is 17.3 Å². The molecule has 4 aromatic rings. The van der Waals surface area contributed by atoms with Gasteiger partial charge in [0.05, 0.1) is 12.1 Å². The largest absolute Gasteiger partial charge is 0.282 e. The molecule has 0 amide bonds. The molecule has 4 nitrogen and oxygen atoms in total. The summed E-state index contributed by atoms with van der Waals surface area (Å²) in [5.41, 5.74) is 1.51. The van der Waals surface area contributed by atoms with E-state index in [0.29, 0.717) is 22.3 Å². The van der Waals surface area contributed by atoms with E-state index >= 15 is 0 Å². The van der Waals surface area contributed by atoms with Gasteiger partial charge < -0.3 is 0 Å². The number of thiophene rings is 1. The number of aromatic nitrogens is 3. The molecule has 0 spiro atoms. The fourth-order valence-electron chi connectivity index (χ4n) is 2.80. The van der Waals surface area contributed by atoms with Crippen LogP contribution in [0, 0.1) is 11.7 Å². The van der Waals surface area contributed by atoms with E-state index in [1.165, 1.54) is 23.5 Å². The molecule has 0 saturated heterocycles. The maximum atomic E-state index is 13.3. The van der Waals surface area contributed by atoms with Crippen molar-refractivity contribution in [1.29, 1.82) is 0 Å². The second-order valence-electron chi connectivity index (χ2n) is 6.75. The van der Waals surface area contributed by atoms with Gasteiger partial charge in [-0.2, -0.15) is 0 Å². The molecular formula is C20H18FN3OS2. The molecule has 0 aliphatic rings. The molecular weight excluding hydrogens is 381 g/mol. The van der Waals surface area contributed by atoms with Crippen molar-refractivity contribution in [1.82, 2.24) is 14.5 Å². The molecule has 138 valence electrons. The maximum Gasteiger partial charge on any atom is 0.272 e. The zero-order chi connectivity index (χ0) is 19.0. The summed E-state index contributed by atoms with van der Waals surface area (Å²) in [6.45, 7) is 4.64. The monoisotopic (exact) mass is 399 g/mol. The van der Waals surface area contributed by atoms with Crippen LogP contribution in [-0.4, -0.2) is 20.3 Å². The molecule has 3 aromatic heterocycles. The molecule has 0 aliphatic heterocycles. The number of pyridine rings is 1. The van der Waals surface area contributed by atoms with Crippen molar-refractivity contribution in [2.75, 3.05) is 5.75 Å². The molecule has 0 saturated carbocycles. The van der Waals surface area contributed by atoms with Crippen molar-refractivity contribution in [3.8, 4) is 0 Å². The third-order valence-corrected chi connectivity index (χ3v) is 6.61. The van der Waals surface area contributed by atoms with Crippen LogP contribution in [0.1, 0.15) is 19.4 Å². The predicted molar refractivity (Wildman–Crippen MR) is 110 cm³/mol. The number of halogens is 1. The second kappa shape index (κ2) is 7.40. The summed E-state index contributed by atoms with van der Waals surface area (Å²) < 4.78 is 15.5. The van der Waals surface area contributed by atoms with E-state index in [9.17, 15) is 9.18 Å². The van der Waals surface area contributed by atoms with Crippen molar-refractivity contribution in [2.24, 2.45) is 5.92 Å². The zero-order valence-electron chi connectivity index (χ0n) is 15.0. The van der Waals surface area contributed by atoms with E-state index in [2.05, 4.69) is 18.8 Å². The molecule has 0 aliphatic carbocycles. The topological polar surface area (TPSA) is 47.8 Å². The number of thioether (sulfide) groups is 1. The molecule has 0 fully saturated rings. The second-order valence-corrected chi connectivity index (χ2v) is 8.74. The maximum absolute atomic E-state index is 13.3. The minimum atomic E-state index is -0.287. The van der Waals surface area contributed by atoms with Crippen LogP contribution in [0.2, 0.25) is 0 Å². The van der Waals surface area contributed by atoms with Crippen molar-refractivity contribution in [2.45, 2.75) is 25.5 Å². The van der Waals surface area contributed by atoms with Gasteiger partial charge in [-0.05, 0) is 35.7 Å². The van der Waals surface area contributed by atoms with E-state index in [0.717, 1.165) is 27.0 Å². The SMILES string of the molecule is CC(C)CSc1nc2c(sc3ncccc32)c(=O)n1Cc1ccc(F)cc1. The first-order valence-electron chi connectivity index (χ1n) is 8.68. The first-order chi connectivity index (χ1) is 13.0. The Hall–Kier alpha value is -2.25. The quantitative estimate of drug-likeness (QED) is 0.352. The predicted octanol–water partition coefficient (Wildman–Crippen LogP) is 4.94. The van der Waals surface area contributed by atoms with Gasteiger partial charge in [0.1, 0.15) is 15.3 Å². The van der Waals surface area contributed by atoms with Gasteiger partial charge in [-0.1, -0.05) is 37.7 Å². The first kappa shape index (κ1) is 18.1. The van der Waals surface area contributed by atoms with Gasteiger partial charge in [-0.15, -0.1) is 11.3 Å². The van der Waals surface area contributed by atoms with Crippen molar-refractivity contribution in [3.63, 3.8) is 0 Å². The first-order valence-corrected chi connectivity index (χ1v) is 10.5. The lowest BCUT2D eigenvalue weighted by atomic mass is 10.2. The van der Waals surface area contributed by atoms with Crippen LogP contribution in [-0.2, 0) is 6.54 Å². The van der Waals surface area contributed by atoms with E-state index in [1.807, 2.05) is 12.1 Å². The molecule has 3 heterocycles. The summed E-state index contributed by atoms with van der Waals surface area (Å²) in [7, 11) is 0. The lowest BCUT2D eigenvalue weighted by Crippen LogP contribution is -2.23. The molecule has 0 bridgehead atoms. The van der Waals surface area contributed by atoms with Crippen LogP contribution in [0.15, 0.2) is 52.5 Å². The molecule has 0 unspecified atom stereocenters. The van der Waals surface area contributed by atoms with Gasteiger partial charge >= 0.3 is 0 Å². The Labute approximate surface area is 164 Å². The Morgan fingerprint density at radius 3 is 2.74 bits per heavy atom. The average Bonchev–Trinajstić information content (AvgIpc) is 3.03.